The summed E-state index contributed by atoms with van der Waals surface area (Å²) in [4.78, 5) is 19.8. The van der Waals surface area contributed by atoms with Gasteiger partial charge in [-0.3, -0.25) is 4.90 Å². The number of aromatic nitrogens is 3. The van der Waals surface area contributed by atoms with Crippen molar-refractivity contribution in [3.63, 3.8) is 0 Å². The summed E-state index contributed by atoms with van der Waals surface area (Å²) in [6.07, 6.45) is -1.65. The maximum atomic E-state index is 16.8. The van der Waals surface area contributed by atoms with Crippen LogP contribution in [0.3, 0.4) is 0 Å². The average Bonchev–Trinajstić information content (AvgIpc) is 3.54. The molecule has 46 heavy (non-hydrogen) atoms. The summed E-state index contributed by atoms with van der Waals surface area (Å²) in [6.45, 7) is 2.56. The van der Waals surface area contributed by atoms with E-state index in [2.05, 4.69) is 19.8 Å². The average molecular weight is 668 g/mol. The number of rotatable bonds is 7. The zero-order valence-corrected chi connectivity index (χ0v) is 26.3. The van der Waals surface area contributed by atoms with Gasteiger partial charge in [-0.2, -0.15) is 23.1 Å². The largest absolute Gasteiger partial charge is 0.477 e. The number of ether oxygens (including phenoxy) is 2. The van der Waals surface area contributed by atoms with E-state index in [1.54, 1.807) is 0 Å². The van der Waals surface area contributed by atoms with Gasteiger partial charge in [-0.15, -0.1) is 0 Å². The summed E-state index contributed by atoms with van der Waals surface area (Å²) in [5.41, 5.74) is 2.12. The molecular formula is C31H35ClF5N7O2. The Balaban J connectivity index is 1.43. The third-order valence-corrected chi connectivity index (χ3v) is 10.1. The molecule has 0 amide bonds. The Morgan fingerprint density at radius 2 is 1.93 bits per heavy atom. The second kappa shape index (κ2) is 11.2. The zero-order chi connectivity index (χ0) is 32.6. The number of hydrogen-bond donors (Lipinski definition) is 1. The fourth-order valence-corrected chi connectivity index (χ4v) is 7.74. The minimum Gasteiger partial charge on any atom is -0.477 e. The van der Waals surface area contributed by atoms with E-state index in [9.17, 15) is 17.6 Å². The van der Waals surface area contributed by atoms with Gasteiger partial charge in [0, 0.05) is 49.3 Å². The van der Waals surface area contributed by atoms with Crippen LogP contribution < -0.4 is 20.1 Å². The Hall–Kier alpha value is -3.23. The van der Waals surface area contributed by atoms with Crippen LogP contribution in [0.1, 0.15) is 44.1 Å². The third-order valence-electron chi connectivity index (χ3n) is 9.83. The Bertz CT molecular complexity index is 1690. The summed E-state index contributed by atoms with van der Waals surface area (Å²) in [7, 11) is 3.89. The maximum Gasteiger partial charge on any atom is 0.418 e. The van der Waals surface area contributed by atoms with E-state index in [1.165, 1.54) is 0 Å². The van der Waals surface area contributed by atoms with Crippen molar-refractivity contribution in [3.05, 3.63) is 28.5 Å². The third kappa shape index (κ3) is 5.35. The number of hydrogen-bond acceptors (Lipinski definition) is 9. The highest BCUT2D eigenvalue weighted by atomic mass is 35.5. The molecule has 2 aromatic heterocycles. The first-order valence-electron chi connectivity index (χ1n) is 15.5. The Morgan fingerprint density at radius 1 is 1.15 bits per heavy atom. The lowest BCUT2D eigenvalue weighted by molar-refractivity contribution is -0.137. The standard InChI is InChI=1S/C31H35ClF5N7O2/c1-42(2)9-10-44-26-21-25(40-28(41-26)46-16-30-4-3-8-43(30)15-17(33)14-30)23(34)24(39-27(21)45-11-7-29(44)5-6-29)19-12-18(38)13-20(32)22(19)31(35,36)37/h12-13,17H,3-11,14-16,38H2,1-2H3/t17-,30+/m1/s1. The van der Waals surface area contributed by atoms with Crippen molar-refractivity contribution in [2.24, 2.45) is 0 Å². The SMILES string of the molecule is CN(C)CCN1c2nc(OC[C@@]34CCCN3C[C@H](F)C4)nc3c(F)c(-c4cc(N)cc(Cl)c4C(F)(F)F)nc(c23)OCCC12CC2. The molecule has 1 saturated carbocycles. The molecule has 0 unspecified atom stereocenters. The molecule has 248 valence electrons. The van der Waals surface area contributed by atoms with Crippen LogP contribution >= 0.6 is 11.6 Å². The molecule has 0 radical (unpaired) electrons. The van der Waals surface area contributed by atoms with E-state index in [-0.39, 0.29) is 47.2 Å². The number of fused-ring (bicyclic) bond motifs is 1. The van der Waals surface area contributed by atoms with Crippen molar-refractivity contribution in [1.29, 1.82) is 0 Å². The molecule has 3 fully saturated rings. The van der Waals surface area contributed by atoms with E-state index in [0.717, 1.165) is 44.4 Å². The first kappa shape index (κ1) is 31.4. The minimum atomic E-state index is -4.94. The molecule has 2 atom stereocenters. The molecule has 5 heterocycles. The summed E-state index contributed by atoms with van der Waals surface area (Å²) in [5, 5.41) is -0.541. The number of halogens is 6. The fourth-order valence-electron chi connectivity index (χ4n) is 7.40. The topological polar surface area (TPSA) is 92.9 Å². The lowest BCUT2D eigenvalue weighted by Crippen LogP contribution is -2.44. The van der Waals surface area contributed by atoms with Crippen LogP contribution in [-0.4, -0.2) is 95.5 Å². The van der Waals surface area contributed by atoms with Gasteiger partial charge in [0.05, 0.1) is 22.7 Å². The van der Waals surface area contributed by atoms with Gasteiger partial charge < -0.3 is 25.0 Å². The van der Waals surface area contributed by atoms with Crippen molar-refractivity contribution in [2.75, 3.05) is 64.1 Å². The molecule has 2 saturated heterocycles. The van der Waals surface area contributed by atoms with Crippen molar-refractivity contribution in [3.8, 4) is 23.1 Å². The van der Waals surface area contributed by atoms with E-state index < -0.39 is 45.5 Å². The van der Waals surface area contributed by atoms with Crippen LogP contribution in [0.25, 0.3) is 22.2 Å². The lowest BCUT2D eigenvalue weighted by atomic mass is 9.95. The van der Waals surface area contributed by atoms with Gasteiger partial charge in [0.25, 0.3) is 0 Å². The molecule has 4 aliphatic rings. The molecule has 0 bridgehead atoms. The normalized spacial score (nSPS) is 23.9. The number of likely N-dealkylation sites (N-methyl/N-ethyl adjacent to an activating group) is 1. The smallest absolute Gasteiger partial charge is 0.418 e. The van der Waals surface area contributed by atoms with Gasteiger partial charge in [-0.25, -0.2) is 13.8 Å². The molecule has 7 rings (SSSR count). The lowest BCUT2D eigenvalue weighted by Gasteiger charge is -2.36. The van der Waals surface area contributed by atoms with Crippen molar-refractivity contribution >= 4 is 34.0 Å². The molecule has 1 aliphatic carbocycles. The number of nitrogen functional groups attached to an aromatic ring is 1. The van der Waals surface area contributed by atoms with Crippen LogP contribution in [-0.2, 0) is 6.18 Å². The fraction of sp³-hybridized carbons (Fsp3) is 0.581. The maximum absolute atomic E-state index is 16.8. The zero-order valence-electron chi connectivity index (χ0n) is 25.6. The number of pyridine rings is 1. The van der Waals surface area contributed by atoms with Gasteiger partial charge in [-0.1, -0.05) is 11.6 Å². The molecule has 9 nitrogen and oxygen atoms in total. The molecule has 3 aliphatic heterocycles. The van der Waals surface area contributed by atoms with Crippen LogP contribution in [0.2, 0.25) is 5.02 Å². The quantitative estimate of drug-likeness (QED) is 0.251. The van der Waals surface area contributed by atoms with E-state index >= 15 is 4.39 Å². The van der Waals surface area contributed by atoms with Gasteiger partial charge in [-0.05, 0) is 58.5 Å². The number of anilines is 2. The summed E-state index contributed by atoms with van der Waals surface area (Å²) >= 11 is 6.03. The van der Waals surface area contributed by atoms with E-state index in [4.69, 9.17) is 31.8 Å². The minimum absolute atomic E-state index is 0.0904. The molecular weight excluding hydrogens is 633 g/mol. The van der Waals surface area contributed by atoms with Crippen molar-refractivity contribution in [1.82, 2.24) is 24.8 Å². The Kier molecular flexibility index (Phi) is 7.63. The van der Waals surface area contributed by atoms with Crippen molar-refractivity contribution in [2.45, 2.75) is 62.0 Å². The first-order valence-corrected chi connectivity index (χ1v) is 15.8. The van der Waals surface area contributed by atoms with Crippen molar-refractivity contribution < 1.29 is 31.4 Å². The summed E-state index contributed by atoms with van der Waals surface area (Å²) in [5.74, 6) is -0.878. The highest BCUT2D eigenvalue weighted by Crippen LogP contribution is 2.52. The second-order valence-corrected chi connectivity index (χ2v) is 13.6. The van der Waals surface area contributed by atoms with Gasteiger partial charge in [0.2, 0.25) is 5.88 Å². The molecule has 2 N–H and O–H groups in total. The summed E-state index contributed by atoms with van der Waals surface area (Å²) < 4.78 is 86.4. The summed E-state index contributed by atoms with van der Waals surface area (Å²) in [6, 6.07) is 1.80. The van der Waals surface area contributed by atoms with Crippen LogP contribution in [0.15, 0.2) is 12.1 Å². The van der Waals surface area contributed by atoms with E-state index in [0.29, 0.717) is 38.3 Å². The first-order chi connectivity index (χ1) is 21.8. The number of alkyl halides is 4. The number of nitrogens with two attached hydrogens (primary N) is 1. The van der Waals surface area contributed by atoms with E-state index in [1.807, 2.05) is 19.0 Å². The Morgan fingerprint density at radius 3 is 2.65 bits per heavy atom. The van der Waals surface area contributed by atoms with Crippen LogP contribution in [0, 0.1) is 5.82 Å². The molecule has 15 heteroatoms. The van der Waals surface area contributed by atoms with Gasteiger partial charge in [0.15, 0.2) is 5.82 Å². The number of nitrogens with zero attached hydrogens (tertiary/aromatic N) is 6. The second-order valence-electron chi connectivity index (χ2n) is 13.2. The monoisotopic (exact) mass is 667 g/mol. The van der Waals surface area contributed by atoms with Crippen LogP contribution in [0.4, 0.5) is 33.5 Å². The highest BCUT2D eigenvalue weighted by Gasteiger charge is 2.51. The molecule has 3 aromatic rings. The van der Waals surface area contributed by atoms with Gasteiger partial charge in [0.1, 0.15) is 35.2 Å². The predicted octanol–water partition coefficient (Wildman–Crippen LogP) is 5.72. The molecule has 1 spiro atoms. The highest BCUT2D eigenvalue weighted by molar-refractivity contribution is 6.32. The predicted molar refractivity (Wildman–Crippen MR) is 164 cm³/mol. The number of benzene rings is 1. The molecule has 1 aromatic carbocycles. The van der Waals surface area contributed by atoms with Gasteiger partial charge >= 0.3 is 12.2 Å². The van der Waals surface area contributed by atoms with Crippen LogP contribution in [0.5, 0.6) is 11.9 Å². The Labute approximate surface area is 267 Å².